The first-order valence-corrected chi connectivity index (χ1v) is 8.53. The Kier molecular flexibility index (Phi) is 5.80. The number of aromatic nitrogens is 3. The minimum Gasteiger partial charge on any atom is -0.489 e. The van der Waals surface area contributed by atoms with Crippen molar-refractivity contribution in [3.8, 4) is 5.75 Å². The van der Waals surface area contributed by atoms with Gasteiger partial charge in [-0.05, 0) is 31.5 Å². The Labute approximate surface area is 148 Å². The van der Waals surface area contributed by atoms with Gasteiger partial charge in [-0.3, -0.25) is 9.67 Å². The van der Waals surface area contributed by atoms with E-state index in [1.54, 1.807) is 6.20 Å². The zero-order chi connectivity index (χ0) is 17.5. The third kappa shape index (κ3) is 5.16. The van der Waals surface area contributed by atoms with Gasteiger partial charge in [-0.1, -0.05) is 24.3 Å². The molecule has 0 unspecified atom stereocenters. The molecule has 130 valence electrons. The molecule has 2 aromatic heterocycles. The molecule has 0 amide bonds. The summed E-state index contributed by atoms with van der Waals surface area (Å²) >= 11 is 0. The largest absolute Gasteiger partial charge is 0.489 e. The van der Waals surface area contributed by atoms with Crippen LogP contribution in [0.1, 0.15) is 23.6 Å². The van der Waals surface area contributed by atoms with Gasteiger partial charge in [0.2, 0.25) is 0 Å². The molecule has 0 aliphatic rings. The van der Waals surface area contributed by atoms with Crippen LogP contribution in [0.2, 0.25) is 0 Å². The number of hydrogen-bond donors (Lipinski definition) is 1. The lowest BCUT2D eigenvalue weighted by atomic mass is 10.2. The van der Waals surface area contributed by atoms with Gasteiger partial charge >= 0.3 is 0 Å². The third-order valence-electron chi connectivity index (χ3n) is 3.95. The first-order valence-electron chi connectivity index (χ1n) is 8.53. The Morgan fingerprint density at radius 1 is 1.16 bits per heavy atom. The van der Waals surface area contributed by atoms with Crippen molar-refractivity contribution < 1.29 is 4.74 Å². The molecule has 0 aliphatic carbocycles. The Hall–Kier alpha value is -2.66. The highest BCUT2D eigenvalue weighted by molar-refractivity contribution is 5.33. The molecule has 0 saturated heterocycles. The molecule has 5 heteroatoms. The van der Waals surface area contributed by atoms with Crippen molar-refractivity contribution in [3.05, 3.63) is 77.9 Å². The fraction of sp³-hybridized carbons (Fsp3) is 0.300. The summed E-state index contributed by atoms with van der Waals surface area (Å²) in [5.41, 5.74) is 3.39. The van der Waals surface area contributed by atoms with Gasteiger partial charge in [0.05, 0.1) is 12.7 Å². The normalized spacial score (nSPS) is 12.1. The van der Waals surface area contributed by atoms with Gasteiger partial charge in [-0.25, -0.2) is 0 Å². The number of benzene rings is 1. The van der Waals surface area contributed by atoms with Crippen molar-refractivity contribution in [2.75, 3.05) is 0 Å². The Balaban J connectivity index is 1.55. The zero-order valence-electron chi connectivity index (χ0n) is 14.7. The average molecular weight is 336 g/mol. The molecule has 0 spiro atoms. The summed E-state index contributed by atoms with van der Waals surface area (Å²) in [7, 11) is 0. The molecule has 1 N–H and O–H groups in total. The predicted octanol–water partition coefficient (Wildman–Crippen LogP) is 3.34. The maximum atomic E-state index is 5.98. The summed E-state index contributed by atoms with van der Waals surface area (Å²) in [6.45, 7) is 6.33. The quantitative estimate of drug-likeness (QED) is 0.685. The number of para-hydroxylation sites is 1. The Morgan fingerprint density at radius 3 is 2.80 bits per heavy atom. The fourth-order valence-corrected chi connectivity index (χ4v) is 2.63. The molecule has 3 rings (SSSR count). The number of aryl methyl sites for hydroxylation is 1. The van der Waals surface area contributed by atoms with Gasteiger partial charge in [0.25, 0.3) is 0 Å². The summed E-state index contributed by atoms with van der Waals surface area (Å²) < 4.78 is 7.95. The summed E-state index contributed by atoms with van der Waals surface area (Å²) in [6.07, 6.45) is 7.54. The van der Waals surface area contributed by atoms with Crippen LogP contribution in [-0.2, 0) is 19.7 Å². The van der Waals surface area contributed by atoms with Crippen molar-refractivity contribution in [2.24, 2.45) is 0 Å². The highest BCUT2D eigenvalue weighted by Crippen LogP contribution is 2.19. The Morgan fingerprint density at radius 2 is 2.04 bits per heavy atom. The van der Waals surface area contributed by atoms with E-state index in [2.05, 4.69) is 41.5 Å². The third-order valence-corrected chi connectivity index (χ3v) is 3.95. The second-order valence-corrected chi connectivity index (χ2v) is 6.28. The van der Waals surface area contributed by atoms with Gasteiger partial charge in [-0.2, -0.15) is 5.10 Å². The number of rotatable bonds is 8. The molecule has 3 aromatic rings. The van der Waals surface area contributed by atoms with E-state index in [-0.39, 0.29) is 0 Å². The van der Waals surface area contributed by atoms with Crippen LogP contribution in [0, 0.1) is 6.92 Å². The van der Waals surface area contributed by atoms with Crippen LogP contribution in [0.5, 0.6) is 5.75 Å². The molecular weight excluding hydrogens is 312 g/mol. The summed E-state index contributed by atoms with van der Waals surface area (Å²) in [5, 5.41) is 7.88. The SMILES string of the molecule is Cc1cnn(C[C@H](C)NCc2ccccc2OCc2cccnc2)c1. The van der Waals surface area contributed by atoms with Gasteiger partial charge in [0, 0.05) is 42.3 Å². The number of hydrogen-bond acceptors (Lipinski definition) is 4. The average Bonchev–Trinajstić information content (AvgIpc) is 3.04. The van der Waals surface area contributed by atoms with Crippen LogP contribution in [0.15, 0.2) is 61.2 Å². The molecule has 0 saturated carbocycles. The lowest BCUT2D eigenvalue weighted by Crippen LogP contribution is -2.30. The number of nitrogens with zero attached hydrogens (tertiary/aromatic N) is 3. The number of pyridine rings is 1. The predicted molar refractivity (Wildman–Crippen MR) is 98.3 cm³/mol. The van der Waals surface area contributed by atoms with E-state index >= 15 is 0 Å². The van der Waals surface area contributed by atoms with Crippen LogP contribution in [0.25, 0.3) is 0 Å². The maximum Gasteiger partial charge on any atom is 0.124 e. The van der Waals surface area contributed by atoms with Gasteiger partial charge in [0.15, 0.2) is 0 Å². The van der Waals surface area contributed by atoms with Crippen molar-refractivity contribution >= 4 is 0 Å². The smallest absolute Gasteiger partial charge is 0.124 e. The van der Waals surface area contributed by atoms with E-state index in [0.717, 1.165) is 30.0 Å². The molecule has 0 radical (unpaired) electrons. The van der Waals surface area contributed by atoms with Gasteiger partial charge in [0.1, 0.15) is 12.4 Å². The summed E-state index contributed by atoms with van der Waals surface area (Å²) in [4.78, 5) is 4.12. The van der Waals surface area contributed by atoms with Crippen LogP contribution in [0.4, 0.5) is 0 Å². The second-order valence-electron chi connectivity index (χ2n) is 6.28. The van der Waals surface area contributed by atoms with Gasteiger partial charge < -0.3 is 10.1 Å². The number of nitrogens with one attached hydrogen (secondary N) is 1. The molecular formula is C20H24N4O. The standard InChI is InChI=1S/C20H24N4O/c1-16-10-23-24(13-16)14-17(2)22-12-19-7-3-4-8-20(19)25-15-18-6-5-9-21-11-18/h3-11,13,17,22H,12,14-15H2,1-2H3/t17-/m0/s1. The molecule has 0 aliphatic heterocycles. The van der Waals surface area contributed by atoms with E-state index in [4.69, 9.17) is 4.74 Å². The van der Waals surface area contributed by atoms with Crippen LogP contribution >= 0.6 is 0 Å². The van der Waals surface area contributed by atoms with Crippen LogP contribution in [0.3, 0.4) is 0 Å². The van der Waals surface area contributed by atoms with E-state index in [1.807, 2.05) is 47.4 Å². The lowest BCUT2D eigenvalue weighted by molar-refractivity contribution is 0.300. The molecule has 5 nitrogen and oxygen atoms in total. The van der Waals surface area contributed by atoms with Crippen molar-refractivity contribution in [3.63, 3.8) is 0 Å². The minimum absolute atomic E-state index is 0.311. The monoisotopic (exact) mass is 336 g/mol. The lowest BCUT2D eigenvalue weighted by Gasteiger charge is -2.16. The van der Waals surface area contributed by atoms with Crippen molar-refractivity contribution in [1.29, 1.82) is 0 Å². The van der Waals surface area contributed by atoms with E-state index in [9.17, 15) is 0 Å². The van der Waals surface area contributed by atoms with Crippen molar-refractivity contribution in [1.82, 2.24) is 20.1 Å². The Bertz CT molecular complexity index is 785. The molecule has 25 heavy (non-hydrogen) atoms. The van der Waals surface area contributed by atoms with E-state index in [1.165, 1.54) is 5.56 Å². The second kappa shape index (κ2) is 8.44. The number of ether oxygens (including phenoxy) is 1. The molecule has 0 bridgehead atoms. The highest BCUT2D eigenvalue weighted by Gasteiger charge is 2.07. The van der Waals surface area contributed by atoms with Crippen LogP contribution in [-0.4, -0.2) is 20.8 Å². The minimum atomic E-state index is 0.311. The van der Waals surface area contributed by atoms with Crippen molar-refractivity contribution in [2.45, 2.75) is 39.6 Å². The highest BCUT2D eigenvalue weighted by atomic mass is 16.5. The molecule has 1 atom stereocenters. The van der Waals surface area contributed by atoms with E-state index < -0.39 is 0 Å². The fourth-order valence-electron chi connectivity index (χ4n) is 2.63. The summed E-state index contributed by atoms with van der Waals surface area (Å²) in [5.74, 6) is 0.904. The topological polar surface area (TPSA) is 52.0 Å². The maximum absolute atomic E-state index is 5.98. The first-order chi connectivity index (χ1) is 12.2. The zero-order valence-corrected chi connectivity index (χ0v) is 14.7. The van der Waals surface area contributed by atoms with Gasteiger partial charge in [-0.15, -0.1) is 0 Å². The molecule has 2 heterocycles. The summed E-state index contributed by atoms with van der Waals surface area (Å²) in [6, 6.07) is 12.4. The van der Waals surface area contributed by atoms with E-state index in [0.29, 0.717) is 12.6 Å². The molecule has 0 fully saturated rings. The molecule has 1 aromatic carbocycles. The first kappa shape index (κ1) is 17.2. The van der Waals surface area contributed by atoms with Crippen LogP contribution < -0.4 is 10.1 Å².